The maximum Gasteiger partial charge on any atom is 0.148 e. The minimum atomic E-state index is -0.0762. The van der Waals surface area contributed by atoms with Crippen molar-refractivity contribution in [1.82, 2.24) is 0 Å². The highest BCUT2D eigenvalue weighted by Gasteiger charge is 2.27. The van der Waals surface area contributed by atoms with Crippen molar-refractivity contribution in [1.29, 1.82) is 0 Å². The summed E-state index contributed by atoms with van der Waals surface area (Å²) in [5.41, 5.74) is 3.31. The van der Waals surface area contributed by atoms with Crippen LogP contribution in [0, 0.1) is 0 Å². The van der Waals surface area contributed by atoms with Crippen LogP contribution in [0.3, 0.4) is 0 Å². The standard InChI is InChI=1S/C18H18O2/c1-3-19-18-13(2)17(14-9-5-4-6-10-14)20-16-12-8-7-11-15(16)18/h4-12,17H,3H2,1-2H3/t17-/m0/s1. The van der Waals surface area contributed by atoms with Gasteiger partial charge in [-0.2, -0.15) is 0 Å². The lowest BCUT2D eigenvalue weighted by Crippen LogP contribution is -2.17. The van der Waals surface area contributed by atoms with Crippen molar-refractivity contribution in [3.05, 3.63) is 71.3 Å². The van der Waals surface area contributed by atoms with E-state index in [1.807, 2.05) is 49.4 Å². The van der Waals surface area contributed by atoms with Gasteiger partial charge in [0.2, 0.25) is 0 Å². The first kappa shape index (κ1) is 12.8. The lowest BCUT2D eigenvalue weighted by molar-refractivity contribution is 0.215. The summed E-state index contributed by atoms with van der Waals surface area (Å²) >= 11 is 0. The largest absolute Gasteiger partial charge is 0.493 e. The Kier molecular flexibility index (Phi) is 3.46. The molecule has 20 heavy (non-hydrogen) atoms. The van der Waals surface area contributed by atoms with Crippen molar-refractivity contribution in [2.75, 3.05) is 6.61 Å². The molecular weight excluding hydrogens is 248 g/mol. The highest BCUT2D eigenvalue weighted by molar-refractivity contribution is 5.71. The Morgan fingerprint density at radius 3 is 2.45 bits per heavy atom. The monoisotopic (exact) mass is 266 g/mol. The summed E-state index contributed by atoms with van der Waals surface area (Å²) in [6.07, 6.45) is -0.0762. The number of fused-ring (bicyclic) bond motifs is 1. The molecule has 2 aromatic carbocycles. The zero-order valence-electron chi connectivity index (χ0n) is 11.8. The molecule has 2 heteroatoms. The molecule has 0 fully saturated rings. The molecule has 1 atom stereocenters. The van der Waals surface area contributed by atoms with E-state index in [0.717, 1.165) is 28.2 Å². The van der Waals surface area contributed by atoms with Crippen molar-refractivity contribution in [3.63, 3.8) is 0 Å². The minimum Gasteiger partial charge on any atom is -0.493 e. The topological polar surface area (TPSA) is 18.5 Å². The first-order valence-electron chi connectivity index (χ1n) is 6.96. The average molecular weight is 266 g/mol. The van der Waals surface area contributed by atoms with E-state index in [-0.39, 0.29) is 6.10 Å². The molecule has 0 amide bonds. The van der Waals surface area contributed by atoms with Crippen molar-refractivity contribution in [3.8, 4) is 5.75 Å². The lowest BCUT2D eigenvalue weighted by atomic mass is 9.96. The highest BCUT2D eigenvalue weighted by Crippen LogP contribution is 2.42. The third-order valence-corrected chi connectivity index (χ3v) is 3.52. The van der Waals surface area contributed by atoms with Gasteiger partial charge in [0.25, 0.3) is 0 Å². The molecule has 2 aromatic rings. The number of ether oxygens (including phenoxy) is 2. The van der Waals surface area contributed by atoms with Crippen LogP contribution in [0.5, 0.6) is 5.75 Å². The van der Waals surface area contributed by atoms with Crippen molar-refractivity contribution in [2.45, 2.75) is 20.0 Å². The molecule has 0 unspecified atom stereocenters. The van der Waals surface area contributed by atoms with E-state index in [4.69, 9.17) is 9.47 Å². The number of benzene rings is 2. The van der Waals surface area contributed by atoms with Crippen LogP contribution < -0.4 is 4.74 Å². The number of para-hydroxylation sites is 1. The Labute approximate surface area is 119 Å². The normalized spacial score (nSPS) is 17.4. The summed E-state index contributed by atoms with van der Waals surface area (Å²) in [7, 11) is 0. The molecule has 0 saturated carbocycles. The van der Waals surface area contributed by atoms with E-state index >= 15 is 0 Å². The summed E-state index contributed by atoms with van der Waals surface area (Å²) in [4.78, 5) is 0. The second-order valence-corrected chi connectivity index (χ2v) is 4.85. The molecule has 1 aliphatic rings. The maximum absolute atomic E-state index is 6.17. The van der Waals surface area contributed by atoms with Gasteiger partial charge >= 0.3 is 0 Å². The van der Waals surface area contributed by atoms with Crippen LogP contribution in [-0.2, 0) is 4.74 Å². The number of hydrogen-bond acceptors (Lipinski definition) is 2. The van der Waals surface area contributed by atoms with E-state index in [1.165, 1.54) is 0 Å². The molecule has 0 bridgehead atoms. The summed E-state index contributed by atoms with van der Waals surface area (Å²) in [6.45, 7) is 4.75. The Morgan fingerprint density at radius 1 is 1.00 bits per heavy atom. The van der Waals surface area contributed by atoms with Gasteiger partial charge in [0.05, 0.1) is 12.2 Å². The molecule has 1 aliphatic heterocycles. The molecule has 0 aliphatic carbocycles. The van der Waals surface area contributed by atoms with Crippen LogP contribution in [0.1, 0.15) is 31.1 Å². The van der Waals surface area contributed by atoms with Gasteiger partial charge in [-0.25, -0.2) is 0 Å². The Hall–Kier alpha value is -2.22. The first-order chi connectivity index (χ1) is 9.81. The third kappa shape index (κ3) is 2.18. The second-order valence-electron chi connectivity index (χ2n) is 4.85. The Balaban J connectivity index is 2.10. The van der Waals surface area contributed by atoms with E-state index in [2.05, 4.69) is 19.1 Å². The molecule has 0 saturated heterocycles. The van der Waals surface area contributed by atoms with Crippen LogP contribution in [-0.4, -0.2) is 6.61 Å². The fourth-order valence-corrected chi connectivity index (χ4v) is 2.59. The van der Waals surface area contributed by atoms with Crippen LogP contribution >= 0.6 is 0 Å². The Bertz CT molecular complexity index is 629. The quantitative estimate of drug-likeness (QED) is 0.809. The first-order valence-corrected chi connectivity index (χ1v) is 6.96. The van der Waals surface area contributed by atoms with E-state index in [9.17, 15) is 0 Å². The molecule has 0 spiro atoms. The van der Waals surface area contributed by atoms with E-state index in [1.54, 1.807) is 0 Å². The van der Waals surface area contributed by atoms with Gasteiger partial charge in [-0.3, -0.25) is 0 Å². The zero-order valence-corrected chi connectivity index (χ0v) is 11.8. The van der Waals surface area contributed by atoms with Crippen molar-refractivity contribution in [2.24, 2.45) is 0 Å². The second kappa shape index (κ2) is 5.41. The molecule has 0 radical (unpaired) electrons. The molecule has 2 nitrogen and oxygen atoms in total. The lowest BCUT2D eigenvalue weighted by Gasteiger charge is -2.29. The van der Waals surface area contributed by atoms with Crippen molar-refractivity contribution >= 4 is 5.76 Å². The predicted molar refractivity (Wildman–Crippen MR) is 80.5 cm³/mol. The molecular formula is C18H18O2. The molecule has 0 N–H and O–H groups in total. The number of rotatable bonds is 3. The van der Waals surface area contributed by atoms with E-state index in [0.29, 0.717) is 6.61 Å². The van der Waals surface area contributed by atoms with Crippen LogP contribution in [0.15, 0.2) is 60.2 Å². The van der Waals surface area contributed by atoms with Gasteiger partial charge in [0.15, 0.2) is 0 Å². The summed E-state index contributed by atoms with van der Waals surface area (Å²) < 4.78 is 12.0. The summed E-state index contributed by atoms with van der Waals surface area (Å²) in [6, 6.07) is 18.3. The molecule has 3 rings (SSSR count). The third-order valence-electron chi connectivity index (χ3n) is 3.52. The number of hydrogen-bond donors (Lipinski definition) is 0. The van der Waals surface area contributed by atoms with Gasteiger partial charge in [-0.1, -0.05) is 42.5 Å². The van der Waals surface area contributed by atoms with Gasteiger partial charge in [-0.15, -0.1) is 0 Å². The van der Waals surface area contributed by atoms with E-state index < -0.39 is 0 Å². The fraction of sp³-hybridized carbons (Fsp3) is 0.222. The highest BCUT2D eigenvalue weighted by atomic mass is 16.5. The summed E-state index contributed by atoms with van der Waals surface area (Å²) in [5.74, 6) is 1.83. The van der Waals surface area contributed by atoms with Crippen molar-refractivity contribution < 1.29 is 9.47 Å². The maximum atomic E-state index is 6.17. The van der Waals surface area contributed by atoms with Crippen LogP contribution in [0.4, 0.5) is 0 Å². The van der Waals surface area contributed by atoms with Gasteiger partial charge in [0, 0.05) is 5.57 Å². The predicted octanol–water partition coefficient (Wildman–Crippen LogP) is 4.59. The smallest absolute Gasteiger partial charge is 0.148 e. The van der Waals surface area contributed by atoms with Crippen LogP contribution in [0.25, 0.3) is 5.76 Å². The molecule has 102 valence electrons. The summed E-state index contributed by atoms with van der Waals surface area (Å²) in [5, 5.41) is 0. The molecule has 1 heterocycles. The van der Waals surface area contributed by atoms with Gasteiger partial charge in [0.1, 0.15) is 17.6 Å². The molecule has 0 aromatic heterocycles. The van der Waals surface area contributed by atoms with Crippen LogP contribution in [0.2, 0.25) is 0 Å². The zero-order chi connectivity index (χ0) is 13.9. The fourth-order valence-electron chi connectivity index (χ4n) is 2.59. The van der Waals surface area contributed by atoms with Gasteiger partial charge in [-0.05, 0) is 31.5 Å². The average Bonchev–Trinajstić information content (AvgIpc) is 2.51. The minimum absolute atomic E-state index is 0.0762. The SMILES string of the molecule is CCOC1=C(C)[C@@H](c2ccccc2)Oc2ccccc21. The Morgan fingerprint density at radius 2 is 1.70 bits per heavy atom. The van der Waals surface area contributed by atoms with Gasteiger partial charge < -0.3 is 9.47 Å².